The minimum atomic E-state index is -2.80. The van der Waals surface area contributed by atoms with Crippen LogP contribution >= 0.6 is 7.60 Å². The van der Waals surface area contributed by atoms with Gasteiger partial charge in [0.2, 0.25) is 0 Å². The van der Waals surface area contributed by atoms with E-state index in [9.17, 15) is 4.57 Å². The highest BCUT2D eigenvalue weighted by atomic mass is 31.2. The number of allylic oxidation sites excluding steroid dienone is 1. The van der Waals surface area contributed by atoms with E-state index in [0.717, 1.165) is 0 Å². The molecule has 0 saturated heterocycles. The Morgan fingerprint density at radius 2 is 2.00 bits per heavy atom. The quantitative estimate of drug-likeness (QED) is 0.451. The normalized spacial score (nSPS) is 11.3. The minimum Gasteiger partial charge on any atom is -0.312 e. The first-order valence-corrected chi connectivity index (χ1v) is 4.22. The fourth-order valence-corrected chi connectivity index (χ4v) is 1.15. The van der Waals surface area contributed by atoms with Crippen molar-refractivity contribution < 1.29 is 13.6 Å². The first kappa shape index (κ1) is 8.89. The molecule has 0 aromatic carbocycles. The van der Waals surface area contributed by atoms with Crippen LogP contribution < -0.4 is 0 Å². The summed E-state index contributed by atoms with van der Waals surface area (Å²) >= 11 is 0. The smallest absolute Gasteiger partial charge is 0.312 e. The summed E-state index contributed by atoms with van der Waals surface area (Å²) in [7, 11) is -0.0893. The first-order valence-electron chi connectivity index (χ1n) is 2.50. The predicted octanol–water partition coefficient (Wildman–Crippen LogP) is 1.66. The Balaban J connectivity index is 3.93. The van der Waals surface area contributed by atoms with Crippen molar-refractivity contribution in [3.8, 4) is 0 Å². The summed E-state index contributed by atoms with van der Waals surface area (Å²) in [5.41, 5.74) is 0. The molecule has 0 amide bonds. The van der Waals surface area contributed by atoms with Crippen molar-refractivity contribution in [1.29, 1.82) is 0 Å². The molecule has 4 heteroatoms. The number of hydrogen-bond donors (Lipinski definition) is 0. The molecule has 9 heavy (non-hydrogen) atoms. The molecule has 0 aromatic rings. The van der Waals surface area contributed by atoms with Gasteiger partial charge in [0.25, 0.3) is 0 Å². The van der Waals surface area contributed by atoms with Gasteiger partial charge in [0.1, 0.15) is 0 Å². The zero-order valence-corrected chi connectivity index (χ0v) is 6.56. The van der Waals surface area contributed by atoms with Crippen LogP contribution in [-0.4, -0.2) is 20.4 Å². The molecule has 3 nitrogen and oxygen atoms in total. The summed E-state index contributed by atoms with van der Waals surface area (Å²) in [6.45, 7) is 3.41. The molecule has 0 radical (unpaired) electrons. The van der Waals surface area contributed by atoms with Crippen LogP contribution in [0.2, 0.25) is 0 Å². The topological polar surface area (TPSA) is 35.5 Å². The second-order valence-corrected chi connectivity index (χ2v) is 3.76. The zero-order chi connectivity index (χ0) is 7.33. The van der Waals surface area contributed by atoms with E-state index in [1.807, 2.05) is 0 Å². The Morgan fingerprint density at radius 3 is 2.11 bits per heavy atom. The minimum absolute atomic E-state index is 0.264. The maximum atomic E-state index is 11.0. The maximum Gasteiger partial charge on any atom is 0.333 e. The van der Waals surface area contributed by atoms with Crippen molar-refractivity contribution >= 4 is 7.60 Å². The Labute approximate surface area is 55.2 Å². The second-order valence-electron chi connectivity index (χ2n) is 1.45. The highest BCUT2D eigenvalue weighted by Gasteiger charge is 2.17. The lowest BCUT2D eigenvalue weighted by atomic mass is 10.8. The SMILES string of the molecule is C=CCP(=O)(OC)OC. The summed E-state index contributed by atoms with van der Waals surface area (Å²) < 4.78 is 20.2. The van der Waals surface area contributed by atoms with Crippen LogP contribution in [0.5, 0.6) is 0 Å². The maximum absolute atomic E-state index is 11.0. The number of rotatable bonds is 4. The summed E-state index contributed by atoms with van der Waals surface area (Å²) in [5.74, 6) is 0. The van der Waals surface area contributed by atoms with Crippen LogP contribution in [0, 0.1) is 0 Å². The van der Waals surface area contributed by atoms with Gasteiger partial charge in [-0.2, -0.15) is 0 Å². The third-order valence-electron chi connectivity index (χ3n) is 0.909. The summed E-state index contributed by atoms with van der Waals surface area (Å²) in [6, 6.07) is 0. The van der Waals surface area contributed by atoms with Crippen molar-refractivity contribution in [2.24, 2.45) is 0 Å². The fraction of sp³-hybridized carbons (Fsp3) is 0.600. The van der Waals surface area contributed by atoms with Crippen molar-refractivity contribution in [2.45, 2.75) is 0 Å². The van der Waals surface area contributed by atoms with Crippen molar-refractivity contribution in [2.75, 3.05) is 20.4 Å². The molecule has 0 aliphatic carbocycles. The molecule has 0 unspecified atom stereocenters. The van der Waals surface area contributed by atoms with Crippen LogP contribution in [-0.2, 0) is 13.6 Å². The summed E-state index contributed by atoms with van der Waals surface area (Å²) in [5, 5.41) is 0. The van der Waals surface area contributed by atoms with Gasteiger partial charge < -0.3 is 9.05 Å². The van der Waals surface area contributed by atoms with Crippen LogP contribution in [0.1, 0.15) is 0 Å². The Kier molecular flexibility index (Phi) is 3.78. The summed E-state index contributed by atoms with van der Waals surface area (Å²) in [4.78, 5) is 0. The first-order chi connectivity index (χ1) is 4.18. The average molecular weight is 150 g/mol. The van der Waals surface area contributed by atoms with Gasteiger partial charge in [0.15, 0.2) is 0 Å². The lowest BCUT2D eigenvalue weighted by Gasteiger charge is -2.09. The molecule has 0 fully saturated rings. The molecule has 0 aliphatic heterocycles. The molecular formula is C5H11O3P. The van der Waals surface area contributed by atoms with Crippen molar-refractivity contribution in [3.05, 3.63) is 12.7 Å². The van der Waals surface area contributed by atoms with Gasteiger partial charge in [-0.05, 0) is 0 Å². The molecule has 0 heterocycles. The van der Waals surface area contributed by atoms with Gasteiger partial charge in [0.05, 0.1) is 6.16 Å². The Morgan fingerprint density at radius 1 is 1.56 bits per heavy atom. The molecule has 0 atom stereocenters. The molecule has 0 saturated carbocycles. The van der Waals surface area contributed by atoms with Crippen molar-refractivity contribution in [1.82, 2.24) is 0 Å². The van der Waals surface area contributed by atoms with Gasteiger partial charge in [-0.3, -0.25) is 4.57 Å². The van der Waals surface area contributed by atoms with E-state index < -0.39 is 7.60 Å². The molecule has 0 aromatic heterocycles. The van der Waals surface area contributed by atoms with Gasteiger partial charge in [-0.25, -0.2) is 0 Å². The molecule has 54 valence electrons. The largest absolute Gasteiger partial charge is 0.333 e. The van der Waals surface area contributed by atoms with Crippen molar-refractivity contribution in [3.63, 3.8) is 0 Å². The lowest BCUT2D eigenvalue weighted by molar-refractivity contribution is 0.279. The van der Waals surface area contributed by atoms with E-state index in [4.69, 9.17) is 0 Å². The van der Waals surface area contributed by atoms with E-state index >= 15 is 0 Å². The molecular weight excluding hydrogens is 139 g/mol. The Bertz CT molecular complexity index is 124. The van der Waals surface area contributed by atoms with Crippen LogP contribution in [0.4, 0.5) is 0 Å². The van der Waals surface area contributed by atoms with Crippen LogP contribution in [0.15, 0.2) is 12.7 Å². The standard InChI is InChI=1S/C5H11O3P/c1-4-5-9(6,7-2)8-3/h4H,1,5H2,2-3H3. The van der Waals surface area contributed by atoms with Gasteiger partial charge >= 0.3 is 7.60 Å². The molecule has 0 aliphatic rings. The van der Waals surface area contributed by atoms with E-state index in [2.05, 4.69) is 15.6 Å². The second kappa shape index (κ2) is 3.83. The molecule has 0 rings (SSSR count). The fourth-order valence-electron chi connectivity index (χ4n) is 0.382. The molecule has 0 N–H and O–H groups in total. The Hall–Kier alpha value is -0.110. The molecule has 0 bridgehead atoms. The van der Waals surface area contributed by atoms with E-state index in [-0.39, 0.29) is 6.16 Å². The van der Waals surface area contributed by atoms with Gasteiger partial charge in [-0.15, -0.1) is 6.58 Å². The lowest BCUT2D eigenvalue weighted by Crippen LogP contribution is -1.90. The van der Waals surface area contributed by atoms with E-state index in [0.29, 0.717) is 0 Å². The third-order valence-corrected chi connectivity index (χ3v) is 2.73. The van der Waals surface area contributed by atoms with Gasteiger partial charge in [0, 0.05) is 14.2 Å². The third kappa shape index (κ3) is 2.80. The highest BCUT2D eigenvalue weighted by molar-refractivity contribution is 7.54. The van der Waals surface area contributed by atoms with E-state index in [1.54, 1.807) is 0 Å². The van der Waals surface area contributed by atoms with Crippen LogP contribution in [0.25, 0.3) is 0 Å². The van der Waals surface area contributed by atoms with Crippen LogP contribution in [0.3, 0.4) is 0 Å². The van der Waals surface area contributed by atoms with Gasteiger partial charge in [-0.1, -0.05) is 6.08 Å². The predicted molar refractivity (Wildman–Crippen MR) is 36.7 cm³/mol. The highest BCUT2D eigenvalue weighted by Crippen LogP contribution is 2.45. The molecule has 0 spiro atoms. The monoisotopic (exact) mass is 150 g/mol. The van der Waals surface area contributed by atoms with E-state index in [1.165, 1.54) is 20.3 Å². The zero-order valence-electron chi connectivity index (χ0n) is 5.66. The number of hydrogen-bond acceptors (Lipinski definition) is 3. The average Bonchev–Trinajstić information content (AvgIpc) is 1.89. The summed E-state index contributed by atoms with van der Waals surface area (Å²) in [6.07, 6.45) is 1.77.